The molecule has 1 aromatic carbocycles. The zero-order valence-electron chi connectivity index (χ0n) is 11.3. The van der Waals surface area contributed by atoms with Crippen LogP contribution in [-0.2, 0) is 4.79 Å². The Labute approximate surface area is 122 Å². The summed E-state index contributed by atoms with van der Waals surface area (Å²) in [5, 5.41) is 0. The quantitative estimate of drug-likeness (QED) is 0.800. The lowest BCUT2D eigenvalue weighted by atomic mass is 10.00. The Bertz CT molecular complexity index is 511. The Morgan fingerprint density at radius 1 is 1.47 bits per heavy atom. The number of carbonyl (C=O) groups is 1. The van der Waals surface area contributed by atoms with E-state index >= 15 is 0 Å². The largest absolute Gasteiger partial charge is 0.496 e. The minimum Gasteiger partial charge on any atom is -0.496 e. The van der Waals surface area contributed by atoms with Crippen LogP contribution in [0.2, 0.25) is 0 Å². The van der Waals surface area contributed by atoms with E-state index < -0.39 is 0 Å². The summed E-state index contributed by atoms with van der Waals surface area (Å²) < 4.78 is 6.32. The number of nitrogens with zero attached hydrogens (tertiary/aromatic N) is 1. The molecule has 0 N–H and O–H groups in total. The van der Waals surface area contributed by atoms with E-state index in [0.29, 0.717) is 6.42 Å². The third-order valence-corrected chi connectivity index (χ3v) is 3.87. The molecule has 1 aliphatic rings. The molecule has 0 aliphatic carbocycles. The highest BCUT2D eigenvalue weighted by Gasteiger charge is 2.20. The number of likely N-dealkylation sites (N-methyl/N-ethyl adjacent to an activating group) is 1. The summed E-state index contributed by atoms with van der Waals surface area (Å²) in [6.07, 6.45) is 2.56. The van der Waals surface area contributed by atoms with Gasteiger partial charge in [-0.3, -0.25) is 9.69 Å². The Kier molecular flexibility index (Phi) is 4.77. The first-order valence-corrected chi connectivity index (χ1v) is 7.23. The maximum atomic E-state index is 12.0. The Hall–Kier alpha value is -1.13. The number of benzene rings is 1. The van der Waals surface area contributed by atoms with Gasteiger partial charge in [0.05, 0.1) is 7.11 Å². The van der Waals surface area contributed by atoms with Crippen LogP contribution in [0.5, 0.6) is 5.75 Å². The van der Waals surface area contributed by atoms with E-state index in [1.807, 2.05) is 24.3 Å². The standard InChI is InChI=1S/C15H18BrNO2/c1-3-17-7-6-14(18)12(10-17)8-11-9-13(16)4-5-15(11)19-2/h4-5,8-9H,3,6-7,10H2,1-2H3/b12-8+. The number of piperidine rings is 1. The minimum atomic E-state index is 0.242. The molecule has 1 aliphatic heterocycles. The van der Waals surface area contributed by atoms with Gasteiger partial charge in [0.25, 0.3) is 0 Å². The summed E-state index contributed by atoms with van der Waals surface area (Å²) in [4.78, 5) is 14.3. The summed E-state index contributed by atoms with van der Waals surface area (Å²) in [6.45, 7) is 4.68. The summed E-state index contributed by atoms with van der Waals surface area (Å²) in [7, 11) is 1.65. The van der Waals surface area contributed by atoms with Crippen LogP contribution >= 0.6 is 15.9 Å². The number of likely N-dealkylation sites (tertiary alicyclic amines) is 1. The summed E-state index contributed by atoms with van der Waals surface area (Å²) in [5.41, 5.74) is 1.81. The predicted molar refractivity (Wildman–Crippen MR) is 80.4 cm³/mol. The fourth-order valence-corrected chi connectivity index (χ4v) is 2.61. The van der Waals surface area contributed by atoms with Crippen molar-refractivity contribution in [3.8, 4) is 5.75 Å². The number of halogens is 1. The molecule has 0 saturated carbocycles. The van der Waals surface area contributed by atoms with E-state index in [0.717, 1.165) is 41.0 Å². The monoisotopic (exact) mass is 323 g/mol. The number of ketones is 1. The van der Waals surface area contributed by atoms with Gasteiger partial charge in [0.1, 0.15) is 5.75 Å². The van der Waals surface area contributed by atoms with E-state index in [1.165, 1.54) is 0 Å². The van der Waals surface area contributed by atoms with Gasteiger partial charge in [0, 0.05) is 35.1 Å². The second kappa shape index (κ2) is 6.35. The first kappa shape index (κ1) is 14.3. The summed E-state index contributed by atoms with van der Waals surface area (Å²) in [5.74, 6) is 1.03. The molecule has 1 aromatic rings. The fraction of sp³-hybridized carbons (Fsp3) is 0.400. The molecular weight excluding hydrogens is 306 g/mol. The Morgan fingerprint density at radius 3 is 2.95 bits per heavy atom. The lowest BCUT2D eigenvalue weighted by Crippen LogP contribution is -2.35. The van der Waals surface area contributed by atoms with Crippen molar-refractivity contribution in [2.24, 2.45) is 0 Å². The van der Waals surface area contributed by atoms with Gasteiger partial charge in [0.2, 0.25) is 0 Å². The molecule has 0 radical (unpaired) electrons. The Balaban J connectivity index is 2.33. The highest BCUT2D eigenvalue weighted by molar-refractivity contribution is 9.10. The van der Waals surface area contributed by atoms with Crippen molar-refractivity contribution >= 4 is 27.8 Å². The molecule has 3 nitrogen and oxygen atoms in total. The molecule has 0 bridgehead atoms. The average Bonchev–Trinajstić information content (AvgIpc) is 2.41. The van der Waals surface area contributed by atoms with Gasteiger partial charge in [-0.1, -0.05) is 22.9 Å². The van der Waals surface area contributed by atoms with Gasteiger partial charge in [0.15, 0.2) is 5.78 Å². The molecule has 4 heteroatoms. The maximum absolute atomic E-state index is 12.0. The first-order valence-electron chi connectivity index (χ1n) is 6.43. The van der Waals surface area contributed by atoms with Crippen LogP contribution in [0.25, 0.3) is 6.08 Å². The van der Waals surface area contributed by atoms with E-state index in [9.17, 15) is 4.79 Å². The molecule has 1 saturated heterocycles. The van der Waals surface area contributed by atoms with Crippen LogP contribution in [0.3, 0.4) is 0 Å². The molecule has 0 atom stereocenters. The van der Waals surface area contributed by atoms with Crippen LogP contribution in [0.4, 0.5) is 0 Å². The van der Waals surface area contributed by atoms with Gasteiger partial charge in [-0.05, 0) is 30.8 Å². The zero-order valence-corrected chi connectivity index (χ0v) is 12.9. The third-order valence-electron chi connectivity index (χ3n) is 3.38. The highest BCUT2D eigenvalue weighted by atomic mass is 79.9. The van der Waals surface area contributed by atoms with Crippen LogP contribution in [-0.4, -0.2) is 37.4 Å². The number of hydrogen-bond acceptors (Lipinski definition) is 3. The SMILES string of the molecule is CCN1CCC(=O)/C(=C/c2cc(Br)ccc2OC)C1. The molecule has 19 heavy (non-hydrogen) atoms. The van der Waals surface area contributed by atoms with Crippen molar-refractivity contribution in [2.75, 3.05) is 26.7 Å². The third kappa shape index (κ3) is 3.45. The van der Waals surface area contributed by atoms with Crippen molar-refractivity contribution in [2.45, 2.75) is 13.3 Å². The molecule has 2 rings (SSSR count). The van der Waals surface area contributed by atoms with Crippen LogP contribution in [0.15, 0.2) is 28.2 Å². The van der Waals surface area contributed by atoms with Gasteiger partial charge in [-0.25, -0.2) is 0 Å². The van der Waals surface area contributed by atoms with Gasteiger partial charge >= 0.3 is 0 Å². The molecule has 102 valence electrons. The predicted octanol–water partition coefficient (Wildman–Crippen LogP) is 3.14. The minimum absolute atomic E-state index is 0.242. The number of ether oxygens (including phenoxy) is 1. The average molecular weight is 324 g/mol. The zero-order chi connectivity index (χ0) is 13.8. The van der Waals surface area contributed by atoms with Crippen molar-refractivity contribution in [3.05, 3.63) is 33.8 Å². The summed E-state index contributed by atoms with van der Waals surface area (Å²) in [6, 6.07) is 5.81. The molecule has 0 unspecified atom stereocenters. The Morgan fingerprint density at radius 2 is 2.26 bits per heavy atom. The topological polar surface area (TPSA) is 29.5 Å². The lowest BCUT2D eigenvalue weighted by molar-refractivity contribution is -0.117. The number of hydrogen-bond donors (Lipinski definition) is 0. The second-order valence-corrected chi connectivity index (χ2v) is 5.51. The molecule has 1 fully saturated rings. The van der Waals surface area contributed by atoms with Crippen LogP contribution in [0.1, 0.15) is 18.9 Å². The summed E-state index contributed by atoms with van der Waals surface area (Å²) >= 11 is 3.45. The van der Waals surface area contributed by atoms with Crippen molar-refractivity contribution < 1.29 is 9.53 Å². The number of Topliss-reactive ketones (excluding diaryl/α,β-unsaturated/α-hetero) is 1. The van der Waals surface area contributed by atoms with Crippen molar-refractivity contribution in [1.82, 2.24) is 4.90 Å². The lowest BCUT2D eigenvalue weighted by Gasteiger charge is -2.26. The van der Waals surface area contributed by atoms with Gasteiger partial charge < -0.3 is 4.74 Å². The number of methoxy groups -OCH3 is 1. The maximum Gasteiger partial charge on any atom is 0.161 e. The van der Waals surface area contributed by atoms with E-state index in [1.54, 1.807) is 7.11 Å². The molecule has 0 spiro atoms. The van der Waals surface area contributed by atoms with Crippen molar-refractivity contribution in [3.63, 3.8) is 0 Å². The molecule has 1 heterocycles. The fourth-order valence-electron chi connectivity index (χ4n) is 2.23. The molecular formula is C15H18BrNO2. The second-order valence-electron chi connectivity index (χ2n) is 4.60. The molecule has 0 amide bonds. The van der Waals surface area contributed by atoms with E-state index in [2.05, 4.69) is 27.8 Å². The number of rotatable bonds is 3. The highest BCUT2D eigenvalue weighted by Crippen LogP contribution is 2.26. The van der Waals surface area contributed by atoms with Crippen LogP contribution in [0, 0.1) is 0 Å². The van der Waals surface area contributed by atoms with Gasteiger partial charge in [-0.2, -0.15) is 0 Å². The first-order chi connectivity index (χ1) is 9.13. The van der Waals surface area contributed by atoms with Crippen LogP contribution < -0.4 is 4.74 Å². The number of carbonyl (C=O) groups excluding carboxylic acids is 1. The molecule has 0 aromatic heterocycles. The normalized spacial score (nSPS) is 18.9. The van der Waals surface area contributed by atoms with Crippen molar-refractivity contribution in [1.29, 1.82) is 0 Å². The van der Waals surface area contributed by atoms with E-state index in [-0.39, 0.29) is 5.78 Å². The smallest absolute Gasteiger partial charge is 0.161 e. The van der Waals surface area contributed by atoms with E-state index in [4.69, 9.17) is 4.74 Å². The van der Waals surface area contributed by atoms with Gasteiger partial charge in [-0.15, -0.1) is 0 Å².